The summed E-state index contributed by atoms with van der Waals surface area (Å²) >= 11 is 5.93. The van der Waals surface area contributed by atoms with Crippen LogP contribution in [0.1, 0.15) is 36.0 Å². The summed E-state index contributed by atoms with van der Waals surface area (Å²) in [4.78, 5) is 14.7. The predicted octanol–water partition coefficient (Wildman–Crippen LogP) is 1.98. The van der Waals surface area contributed by atoms with E-state index >= 15 is 0 Å². The molecule has 2 heterocycles. The first-order valence-corrected chi connectivity index (χ1v) is 7.64. The average molecular weight is 310 g/mol. The number of anilines is 1. The Bertz CT molecular complexity index is 564. The van der Waals surface area contributed by atoms with Crippen molar-refractivity contribution in [1.29, 1.82) is 0 Å². The number of phenolic OH excluding ortho intramolecular Hbond substituents is 1. The number of benzene rings is 1. The van der Waals surface area contributed by atoms with Crippen molar-refractivity contribution in [2.45, 2.75) is 43.8 Å². The van der Waals surface area contributed by atoms with Crippen molar-refractivity contribution >= 4 is 23.2 Å². The minimum Gasteiger partial charge on any atom is -0.507 e. The van der Waals surface area contributed by atoms with Crippen LogP contribution in [0.2, 0.25) is 5.02 Å². The molecule has 2 saturated heterocycles. The number of nitrogens with zero attached hydrogens (tertiary/aromatic N) is 1. The Morgan fingerprint density at radius 2 is 2.00 bits per heavy atom. The van der Waals surface area contributed by atoms with E-state index in [0.717, 1.165) is 12.8 Å². The summed E-state index contributed by atoms with van der Waals surface area (Å²) in [5.74, 6) is -0.423. The highest BCUT2D eigenvalue weighted by molar-refractivity contribution is 6.33. The smallest absolute Gasteiger partial charge is 0.255 e. The van der Waals surface area contributed by atoms with Crippen LogP contribution in [0.5, 0.6) is 5.75 Å². The van der Waals surface area contributed by atoms with Crippen LogP contribution in [0.3, 0.4) is 0 Å². The number of fused-ring (bicyclic) bond motifs is 2. The number of nitrogens with two attached hydrogens (primary N) is 1. The zero-order valence-electron chi connectivity index (χ0n) is 12.0. The molecule has 6 heteroatoms. The van der Waals surface area contributed by atoms with Gasteiger partial charge in [-0.2, -0.15) is 0 Å². The largest absolute Gasteiger partial charge is 0.507 e. The Hall–Kier alpha value is -1.46. The maximum Gasteiger partial charge on any atom is 0.255 e. The van der Waals surface area contributed by atoms with Gasteiger partial charge in [0.25, 0.3) is 5.91 Å². The van der Waals surface area contributed by atoms with Crippen molar-refractivity contribution in [3.8, 4) is 5.75 Å². The highest BCUT2D eigenvalue weighted by Crippen LogP contribution is 2.34. The number of hydrogen-bond acceptors (Lipinski definition) is 4. The molecule has 1 aromatic carbocycles. The summed E-state index contributed by atoms with van der Waals surface area (Å²) in [6.07, 6.45) is 4.32. The number of halogens is 1. The Balaban J connectivity index is 1.71. The van der Waals surface area contributed by atoms with Gasteiger partial charge in [0, 0.05) is 24.2 Å². The molecule has 2 aliphatic rings. The standard InChI is InChI=1S/C15H20ClN3O2/c1-19-9-2-3-10(19)5-8(4-9)18-15(21)11-6-12(16)13(17)7-14(11)20/h6-10,20H,2-5,17H2,1H3,(H,18,21). The van der Waals surface area contributed by atoms with Crippen LogP contribution in [0.15, 0.2) is 12.1 Å². The van der Waals surface area contributed by atoms with E-state index in [0.29, 0.717) is 12.1 Å². The third kappa shape index (κ3) is 2.68. The molecule has 3 rings (SSSR count). The van der Waals surface area contributed by atoms with Gasteiger partial charge in [-0.25, -0.2) is 0 Å². The molecule has 21 heavy (non-hydrogen) atoms. The third-order valence-electron chi connectivity index (χ3n) is 4.79. The van der Waals surface area contributed by atoms with Gasteiger partial charge in [-0.05, 0) is 38.8 Å². The van der Waals surface area contributed by atoms with Gasteiger partial charge >= 0.3 is 0 Å². The van der Waals surface area contributed by atoms with Crippen LogP contribution in [-0.2, 0) is 0 Å². The number of carbonyl (C=O) groups excluding carboxylic acids is 1. The number of carbonyl (C=O) groups is 1. The summed E-state index contributed by atoms with van der Waals surface area (Å²) in [5, 5.41) is 13.2. The molecule has 1 amide bonds. The fourth-order valence-electron chi connectivity index (χ4n) is 3.55. The van der Waals surface area contributed by atoms with Gasteiger partial charge in [0.2, 0.25) is 0 Å². The van der Waals surface area contributed by atoms with E-state index in [-0.39, 0.29) is 34.0 Å². The van der Waals surface area contributed by atoms with Crippen molar-refractivity contribution in [1.82, 2.24) is 10.2 Å². The SMILES string of the molecule is CN1C2CCC1CC(NC(=O)c1cc(Cl)c(N)cc1O)C2. The molecule has 0 radical (unpaired) electrons. The quantitative estimate of drug-likeness (QED) is 0.730. The number of nitrogens with one attached hydrogen (secondary N) is 1. The van der Waals surface area contributed by atoms with Crippen LogP contribution < -0.4 is 11.1 Å². The monoisotopic (exact) mass is 309 g/mol. The van der Waals surface area contributed by atoms with Gasteiger partial charge in [0.1, 0.15) is 5.75 Å². The van der Waals surface area contributed by atoms with Crippen molar-refractivity contribution in [2.24, 2.45) is 0 Å². The molecule has 5 nitrogen and oxygen atoms in total. The Kier molecular flexibility index (Phi) is 3.71. The Morgan fingerprint density at radius 1 is 1.38 bits per heavy atom. The van der Waals surface area contributed by atoms with E-state index in [1.165, 1.54) is 25.0 Å². The van der Waals surface area contributed by atoms with Crippen molar-refractivity contribution < 1.29 is 9.90 Å². The minimum atomic E-state index is -0.289. The van der Waals surface area contributed by atoms with Crippen LogP contribution in [0.25, 0.3) is 0 Å². The lowest BCUT2D eigenvalue weighted by Crippen LogP contribution is -2.48. The Morgan fingerprint density at radius 3 is 2.62 bits per heavy atom. The first kappa shape index (κ1) is 14.5. The fourth-order valence-corrected chi connectivity index (χ4v) is 3.72. The zero-order chi connectivity index (χ0) is 15.1. The third-order valence-corrected chi connectivity index (χ3v) is 5.12. The van der Waals surface area contributed by atoms with E-state index in [9.17, 15) is 9.90 Å². The van der Waals surface area contributed by atoms with Crippen LogP contribution in [0.4, 0.5) is 5.69 Å². The lowest BCUT2D eigenvalue weighted by molar-refractivity contribution is 0.0880. The molecule has 0 aromatic heterocycles. The number of nitrogen functional groups attached to an aromatic ring is 1. The average Bonchev–Trinajstić information content (AvgIpc) is 2.64. The second kappa shape index (κ2) is 5.39. The van der Waals surface area contributed by atoms with Gasteiger partial charge in [-0.1, -0.05) is 11.6 Å². The molecular formula is C15H20ClN3O2. The summed E-state index contributed by atoms with van der Waals surface area (Å²) in [5.41, 5.74) is 6.05. The number of rotatable bonds is 2. The van der Waals surface area contributed by atoms with Crippen LogP contribution in [0, 0.1) is 0 Å². The van der Waals surface area contributed by atoms with E-state index in [1.54, 1.807) is 0 Å². The second-order valence-corrected chi connectivity index (χ2v) is 6.49. The highest BCUT2D eigenvalue weighted by Gasteiger charge is 2.38. The summed E-state index contributed by atoms with van der Waals surface area (Å²) in [6.45, 7) is 0. The molecular weight excluding hydrogens is 290 g/mol. The number of aromatic hydroxyl groups is 1. The van der Waals surface area contributed by atoms with E-state index in [4.69, 9.17) is 17.3 Å². The van der Waals surface area contributed by atoms with Crippen LogP contribution in [-0.4, -0.2) is 41.1 Å². The maximum absolute atomic E-state index is 12.3. The van der Waals surface area contributed by atoms with Gasteiger partial charge in [-0.15, -0.1) is 0 Å². The number of piperidine rings is 1. The highest BCUT2D eigenvalue weighted by atomic mass is 35.5. The van der Waals surface area contributed by atoms with Crippen LogP contribution >= 0.6 is 11.6 Å². The molecule has 2 unspecified atom stereocenters. The number of amides is 1. The lowest BCUT2D eigenvalue weighted by Gasteiger charge is -2.36. The first-order valence-electron chi connectivity index (χ1n) is 7.26. The molecule has 0 spiro atoms. The number of phenols is 1. The van der Waals surface area contributed by atoms with Crippen molar-refractivity contribution in [2.75, 3.05) is 12.8 Å². The normalized spacial score (nSPS) is 28.6. The van der Waals surface area contributed by atoms with E-state index in [1.807, 2.05) is 0 Å². The molecule has 2 bridgehead atoms. The second-order valence-electron chi connectivity index (χ2n) is 6.08. The Labute approximate surface area is 129 Å². The first-order chi connectivity index (χ1) is 9.95. The summed E-state index contributed by atoms with van der Waals surface area (Å²) in [6, 6.07) is 4.00. The fraction of sp³-hybridized carbons (Fsp3) is 0.533. The molecule has 2 aliphatic heterocycles. The molecule has 2 atom stereocenters. The minimum absolute atomic E-state index is 0.134. The molecule has 114 valence electrons. The van der Waals surface area contributed by atoms with Gasteiger partial charge in [0.15, 0.2) is 0 Å². The van der Waals surface area contributed by atoms with E-state index < -0.39 is 0 Å². The summed E-state index contributed by atoms with van der Waals surface area (Å²) < 4.78 is 0. The van der Waals surface area contributed by atoms with Gasteiger partial charge in [0.05, 0.1) is 16.3 Å². The van der Waals surface area contributed by atoms with Gasteiger partial charge in [-0.3, -0.25) is 4.79 Å². The maximum atomic E-state index is 12.3. The topological polar surface area (TPSA) is 78.6 Å². The molecule has 0 aliphatic carbocycles. The predicted molar refractivity (Wildman–Crippen MR) is 82.6 cm³/mol. The van der Waals surface area contributed by atoms with Gasteiger partial charge < -0.3 is 21.1 Å². The lowest BCUT2D eigenvalue weighted by atomic mass is 9.97. The van der Waals surface area contributed by atoms with E-state index in [2.05, 4.69) is 17.3 Å². The van der Waals surface area contributed by atoms with Crippen molar-refractivity contribution in [3.63, 3.8) is 0 Å². The molecule has 2 fully saturated rings. The molecule has 1 aromatic rings. The zero-order valence-corrected chi connectivity index (χ0v) is 12.7. The molecule has 4 N–H and O–H groups in total. The number of hydrogen-bond donors (Lipinski definition) is 3. The summed E-state index contributed by atoms with van der Waals surface area (Å²) in [7, 11) is 2.16. The molecule has 0 saturated carbocycles. The van der Waals surface area contributed by atoms with Crippen molar-refractivity contribution in [3.05, 3.63) is 22.7 Å².